The molecule has 0 N–H and O–H groups in total. The highest BCUT2D eigenvalue weighted by Crippen LogP contribution is 2.52. The normalized spacial score (nSPS) is 23.3. The molecule has 0 spiro atoms. The van der Waals surface area contributed by atoms with Crippen molar-refractivity contribution in [1.82, 2.24) is 34.3 Å². The second-order valence-electron chi connectivity index (χ2n) is 7.49. The summed E-state index contributed by atoms with van der Waals surface area (Å²) in [5.41, 5.74) is 0.823. The molecule has 27 heavy (non-hydrogen) atoms. The molecule has 0 aromatic carbocycles. The molecule has 5 rings (SSSR count). The average molecular weight is 364 g/mol. The number of rotatable bonds is 3. The van der Waals surface area contributed by atoms with E-state index in [1.165, 1.54) is 0 Å². The van der Waals surface area contributed by atoms with Crippen molar-refractivity contribution in [3.05, 3.63) is 36.1 Å². The van der Waals surface area contributed by atoms with Crippen molar-refractivity contribution in [3.63, 3.8) is 0 Å². The van der Waals surface area contributed by atoms with Crippen LogP contribution in [0.4, 0.5) is 5.82 Å². The van der Waals surface area contributed by atoms with E-state index in [2.05, 4.69) is 43.5 Å². The van der Waals surface area contributed by atoms with Crippen LogP contribution in [0.2, 0.25) is 0 Å². The summed E-state index contributed by atoms with van der Waals surface area (Å²) in [6.07, 6.45) is 9.86. The van der Waals surface area contributed by atoms with E-state index < -0.39 is 0 Å². The summed E-state index contributed by atoms with van der Waals surface area (Å²) >= 11 is 0. The molecular formula is C19H24N8. The summed E-state index contributed by atoms with van der Waals surface area (Å²) in [4.78, 5) is 16.5. The zero-order chi connectivity index (χ0) is 18.8. The molecule has 2 aliphatic rings. The number of hydrogen-bond acceptors (Lipinski definition) is 6. The zero-order valence-corrected chi connectivity index (χ0v) is 16.2. The number of aryl methyl sites for hydroxylation is 2. The van der Waals surface area contributed by atoms with E-state index in [-0.39, 0.29) is 5.54 Å². The van der Waals surface area contributed by atoms with Crippen molar-refractivity contribution in [2.24, 2.45) is 0 Å². The van der Waals surface area contributed by atoms with Gasteiger partial charge in [0.1, 0.15) is 22.9 Å². The van der Waals surface area contributed by atoms with Gasteiger partial charge in [0.25, 0.3) is 0 Å². The third-order valence-electron chi connectivity index (χ3n) is 6.26. The Morgan fingerprint density at radius 1 is 1.15 bits per heavy atom. The molecule has 1 saturated heterocycles. The van der Waals surface area contributed by atoms with Gasteiger partial charge in [-0.25, -0.2) is 9.97 Å². The van der Waals surface area contributed by atoms with Crippen LogP contribution in [-0.4, -0.2) is 40.3 Å². The lowest BCUT2D eigenvalue weighted by atomic mass is 9.90. The second-order valence-corrected chi connectivity index (χ2v) is 7.49. The highest BCUT2D eigenvalue weighted by molar-refractivity contribution is 5.65. The topological polar surface area (TPSA) is 77.5 Å². The summed E-state index contributed by atoms with van der Waals surface area (Å²) < 4.78 is 4.08. The minimum atomic E-state index is -0.148. The van der Waals surface area contributed by atoms with Gasteiger partial charge in [-0.1, -0.05) is 13.8 Å². The Balaban J connectivity index is 1.80. The summed E-state index contributed by atoms with van der Waals surface area (Å²) in [5.74, 6) is 4.43. The standard InChI is InChI=1S/C19H24N8/c1-5-14-7-8-19(6-2)17-24-23-13(4)26(17)15-11-21-18(22-16(15)27(14)19)25-10-9-20-12(25)3/h9-11,14H,5-8H2,1-4H3. The maximum Gasteiger partial charge on any atom is 0.237 e. The van der Waals surface area contributed by atoms with Crippen LogP contribution in [0.3, 0.4) is 0 Å². The first-order chi connectivity index (χ1) is 13.1. The van der Waals surface area contributed by atoms with Crippen LogP contribution in [0.1, 0.15) is 57.0 Å². The van der Waals surface area contributed by atoms with E-state index in [4.69, 9.17) is 4.98 Å². The highest BCUT2D eigenvalue weighted by atomic mass is 15.4. The number of nitrogens with zero attached hydrogens (tertiary/aromatic N) is 8. The van der Waals surface area contributed by atoms with Crippen LogP contribution in [0, 0.1) is 13.8 Å². The molecular weight excluding hydrogens is 340 g/mol. The van der Waals surface area contributed by atoms with Crippen LogP contribution < -0.4 is 4.90 Å². The van der Waals surface area contributed by atoms with E-state index in [1.54, 1.807) is 6.20 Å². The monoisotopic (exact) mass is 364 g/mol. The molecule has 0 bridgehead atoms. The Morgan fingerprint density at radius 3 is 2.70 bits per heavy atom. The van der Waals surface area contributed by atoms with Gasteiger partial charge < -0.3 is 4.90 Å². The largest absolute Gasteiger partial charge is 0.339 e. The summed E-state index contributed by atoms with van der Waals surface area (Å²) in [6.45, 7) is 8.46. The van der Waals surface area contributed by atoms with Gasteiger partial charge in [0.15, 0.2) is 11.6 Å². The first kappa shape index (κ1) is 16.4. The van der Waals surface area contributed by atoms with Gasteiger partial charge in [-0.3, -0.25) is 9.13 Å². The maximum atomic E-state index is 5.03. The van der Waals surface area contributed by atoms with Gasteiger partial charge in [-0.05, 0) is 39.5 Å². The molecule has 5 heterocycles. The Kier molecular flexibility index (Phi) is 3.41. The Labute approximate surface area is 158 Å². The minimum Gasteiger partial charge on any atom is -0.339 e. The molecule has 3 aromatic heterocycles. The highest BCUT2D eigenvalue weighted by Gasteiger charge is 2.53. The van der Waals surface area contributed by atoms with Crippen LogP contribution in [0.15, 0.2) is 18.6 Å². The number of hydrogen-bond donors (Lipinski definition) is 0. The van der Waals surface area contributed by atoms with E-state index in [1.807, 2.05) is 30.8 Å². The molecule has 2 atom stereocenters. The van der Waals surface area contributed by atoms with Crippen molar-refractivity contribution in [3.8, 4) is 11.6 Å². The quantitative estimate of drug-likeness (QED) is 0.711. The number of imidazole rings is 1. The van der Waals surface area contributed by atoms with Gasteiger partial charge in [-0.15, -0.1) is 10.2 Å². The molecule has 0 aliphatic carbocycles. The van der Waals surface area contributed by atoms with E-state index in [0.29, 0.717) is 12.0 Å². The second kappa shape index (κ2) is 5.61. The molecule has 8 heteroatoms. The molecule has 2 unspecified atom stereocenters. The minimum absolute atomic E-state index is 0.148. The molecule has 2 aliphatic heterocycles. The summed E-state index contributed by atoms with van der Waals surface area (Å²) in [7, 11) is 0. The fraction of sp³-hybridized carbons (Fsp3) is 0.526. The van der Waals surface area contributed by atoms with Gasteiger partial charge in [0, 0.05) is 18.4 Å². The summed E-state index contributed by atoms with van der Waals surface area (Å²) in [5, 5.41) is 9.00. The predicted molar refractivity (Wildman–Crippen MR) is 101 cm³/mol. The Morgan fingerprint density at radius 2 is 2.00 bits per heavy atom. The molecule has 0 saturated carbocycles. The van der Waals surface area contributed by atoms with Crippen molar-refractivity contribution >= 4 is 5.82 Å². The van der Waals surface area contributed by atoms with E-state index in [9.17, 15) is 0 Å². The lowest BCUT2D eigenvalue weighted by Gasteiger charge is -2.44. The van der Waals surface area contributed by atoms with Crippen molar-refractivity contribution < 1.29 is 0 Å². The lowest BCUT2D eigenvalue weighted by Crippen LogP contribution is -2.50. The van der Waals surface area contributed by atoms with Crippen LogP contribution in [-0.2, 0) is 5.54 Å². The Bertz CT molecular complexity index is 1020. The maximum absolute atomic E-state index is 5.03. The fourth-order valence-corrected chi connectivity index (χ4v) is 4.84. The average Bonchev–Trinajstić information content (AvgIpc) is 3.38. The zero-order valence-electron chi connectivity index (χ0n) is 16.2. The van der Waals surface area contributed by atoms with Gasteiger partial charge >= 0.3 is 0 Å². The molecule has 0 amide bonds. The SMILES string of the molecule is CCC1CCC2(CC)c3nnc(C)n3-c3cnc(-n4ccnc4C)nc3N12. The van der Waals surface area contributed by atoms with Gasteiger partial charge in [0.05, 0.1) is 6.20 Å². The fourth-order valence-electron chi connectivity index (χ4n) is 4.84. The third-order valence-corrected chi connectivity index (χ3v) is 6.26. The van der Waals surface area contributed by atoms with E-state index >= 15 is 0 Å². The molecule has 140 valence electrons. The molecule has 8 nitrogen and oxygen atoms in total. The van der Waals surface area contributed by atoms with Gasteiger partial charge in [0.2, 0.25) is 5.95 Å². The van der Waals surface area contributed by atoms with Crippen LogP contribution in [0.5, 0.6) is 0 Å². The number of anilines is 1. The molecule has 1 fully saturated rings. The number of aromatic nitrogens is 7. The van der Waals surface area contributed by atoms with Crippen LogP contribution >= 0.6 is 0 Å². The first-order valence-electron chi connectivity index (χ1n) is 9.70. The van der Waals surface area contributed by atoms with Crippen LogP contribution in [0.25, 0.3) is 11.6 Å². The van der Waals surface area contributed by atoms with Crippen molar-refractivity contribution in [1.29, 1.82) is 0 Å². The Hall–Kier alpha value is -2.77. The smallest absolute Gasteiger partial charge is 0.237 e. The lowest BCUT2D eigenvalue weighted by molar-refractivity contribution is 0.370. The molecule has 3 aromatic rings. The molecule has 0 radical (unpaired) electrons. The van der Waals surface area contributed by atoms with Crippen molar-refractivity contribution in [2.75, 3.05) is 4.90 Å². The van der Waals surface area contributed by atoms with Crippen molar-refractivity contribution in [2.45, 2.75) is 65.0 Å². The number of fused-ring (bicyclic) bond motifs is 6. The third kappa shape index (κ3) is 2.01. The van der Waals surface area contributed by atoms with Gasteiger partial charge in [-0.2, -0.15) is 4.98 Å². The predicted octanol–water partition coefficient (Wildman–Crippen LogP) is 2.86. The van der Waals surface area contributed by atoms with E-state index in [0.717, 1.165) is 54.7 Å². The summed E-state index contributed by atoms with van der Waals surface area (Å²) in [6, 6.07) is 0.445. The first-order valence-corrected chi connectivity index (χ1v) is 9.70.